The number of rotatable bonds is 6. The van der Waals surface area contributed by atoms with Gasteiger partial charge >= 0.3 is 0 Å². The number of benzene rings is 1. The standard InChI is InChI=1S/C15H19N3O/c1-2-3-11-18-15(14(12-19)16-17-18)10-9-13-7-5-4-6-8-13/h4-10,19H,2-3,11-12H2,1H3/b10-9+. The molecule has 0 radical (unpaired) electrons. The Hall–Kier alpha value is -1.94. The van der Waals surface area contributed by atoms with E-state index in [0.29, 0.717) is 5.69 Å². The molecular weight excluding hydrogens is 238 g/mol. The molecule has 0 aliphatic rings. The molecule has 0 aliphatic carbocycles. The van der Waals surface area contributed by atoms with E-state index in [4.69, 9.17) is 0 Å². The van der Waals surface area contributed by atoms with E-state index in [1.54, 1.807) is 0 Å². The molecule has 2 rings (SSSR count). The Kier molecular flexibility index (Phi) is 4.86. The summed E-state index contributed by atoms with van der Waals surface area (Å²) in [4.78, 5) is 0. The van der Waals surface area contributed by atoms with Crippen LogP contribution in [0.2, 0.25) is 0 Å². The van der Waals surface area contributed by atoms with Crippen molar-refractivity contribution in [2.24, 2.45) is 0 Å². The summed E-state index contributed by atoms with van der Waals surface area (Å²) in [6.07, 6.45) is 6.15. The molecule has 2 aromatic rings. The molecule has 0 saturated heterocycles. The summed E-state index contributed by atoms with van der Waals surface area (Å²) in [6.45, 7) is 2.89. The highest BCUT2D eigenvalue weighted by Crippen LogP contribution is 2.12. The maximum atomic E-state index is 9.30. The van der Waals surface area contributed by atoms with Gasteiger partial charge in [0.05, 0.1) is 12.3 Å². The Balaban J connectivity index is 2.22. The van der Waals surface area contributed by atoms with Crippen molar-refractivity contribution < 1.29 is 5.11 Å². The van der Waals surface area contributed by atoms with Crippen LogP contribution in [0.3, 0.4) is 0 Å². The largest absolute Gasteiger partial charge is 0.390 e. The van der Waals surface area contributed by atoms with Gasteiger partial charge in [0.2, 0.25) is 0 Å². The molecule has 1 heterocycles. The van der Waals surface area contributed by atoms with Crippen LogP contribution < -0.4 is 0 Å². The van der Waals surface area contributed by atoms with Gasteiger partial charge in [0, 0.05) is 6.54 Å². The Morgan fingerprint density at radius 1 is 1.21 bits per heavy atom. The topological polar surface area (TPSA) is 50.9 Å². The Morgan fingerprint density at radius 3 is 2.68 bits per heavy atom. The molecule has 0 atom stereocenters. The molecule has 4 nitrogen and oxygen atoms in total. The minimum Gasteiger partial charge on any atom is -0.390 e. The fourth-order valence-electron chi connectivity index (χ4n) is 1.86. The van der Waals surface area contributed by atoms with E-state index in [9.17, 15) is 5.11 Å². The quantitative estimate of drug-likeness (QED) is 0.865. The summed E-state index contributed by atoms with van der Waals surface area (Å²) < 4.78 is 1.86. The first-order valence-corrected chi connectivity index (χ1v) is 6.61. The lowest BCUT2D eigenvalue weighted by Gasteiger charge is -2.02. The normalized spacial score (nSPS) is 11.3. The molecule has 0 fully saturated rings. The van der Waals surface area contributed by atoms with E-state index < -0.39 is 0 Å². The van der Waals surface area contributed by atoms with Crippen LogP contribution in [0.4, 0.5) is 0 Å². The van der Waals surface area contributed by atoms with Crippen LogP contribution in [0.25, 0.3) is 12.2 Å². The second-order valence-corrected chi connectivity index (χ2v) is 4.40. The molecule has 1 aromatic carbocycles. The lowest BCUT2D eigenvalue weighted by Crippen LogP contribution is -2.03. The minimum absolute atomic E-state index is 0.0827. The number of aliphatic hydroxyl groups excluding tert-OH is 1. The molecule has 0 aliphatic heterocycles. The van der Waals surface area contributed by atoms with Crippen molar-refractivity contribution in [3.8, 4) is 0 Å². The predicted octanol–water partition coefficient (Wildman–Crippen LogP) is 2.74. The number of aromatic nitrogens is 3. The highest BCUT2D eigenvalue weighted by molar-refractivity contribution is 5.68. The molecule has 0 saturated carbocycles. The summed E-state index contributed by atoms with van der Waals surface area (Å²) in [7, 11) is 0. The van der Waals surface area contributed by atoms with E-state index in [-0.39, 0.29) is 6.61 Å². The Labute approximate surface area is 113 Å². The van der Waals surface area contributed by atoms with Crippen molar-refractivity contribution in [3.63, 3.8) is 0 Å². The minimum atomic E-state index is -0.0827. The average molecular weight is 257 g/mol. The third kappa shape index (κ3) is 3.51. The maximum absolute atomic E-state index is 9.30. The molecule has 1 aromatic heterocycles. The lowest BCUT2D eigenvalue weighted by molar-refractivity contribution is 0.276. The Morgan fingerprint density at radius 2 is 2.00 bits per heavy atom. The average Bonchev–Trinajstić information content (AvgIpc) is 2.86. The predicted molar refractivity (Wildman–Crippen MR) is 76.2 cm³/mol. The van der Waals surface area contributed by atoms with Crippen LogP contribution in [0.1, 0.15) is 36.7 Å². The molecule has 0 unspecified atom stereocenters. The van der Waals surface area contributed by atoms with Gasteiger partial charge in [-0.3, -0.25) is 0 Å². The van der Waals surface area contributed by atoms with Gasteiger partial charge < -0.3 is 5.11 Å². The SMILES string of the molecule is CCCCn1nnc(CO)c1/C=C/c1ccccc1. The van der Waals surface area contributed by atoms with Crippen LogP contribution in [0.5, 0.6) is 0 Å². The van der Waals surface area contributed by atoms with E-state index in [2.05, 4.69) is 17.2 Å². The van der Waals surface area contributed by atoms with Crippen molar-refractivity contribution in [1.82, 2.24) is 15.0 Å². The third-order valence-corrected chi connectivity index (χ3v) is 2.95. The van der Waals surface area contributed by atoms with Crippen molar-refractivity contribution in [3.05, 3.63) is 47.3 Å². The summed E-state index contributed by atoms with van der Waals surface area (Å²) in [5, 5.41) is 17.4. The summed E-state index contributed by atoms with van der Waals surface area (Å²) in [5.74, 6) is 0. The van der Waals surface area contributed by atoms with Crippen molar-refractivity contribution in [1.29, 1.82) is 0 Å². The molecular formula is C15H19N3O. The third-order valence-electron chi connectivity index (χ3n) is 2.95. The molecule has 100 valence electrons. The van der Waals surface area contributed by atoms with Crippen molar-refractivity contribution in [2.75, 3.05) is 0 Å². The van der Waals surface area contributed by atoms with Crippen molar-refractivity contribution in [2.45, 2.75) is 32.9 Å². The molecule has 1 N–H and O–H groups in total. The van der Waals surface area contributed by atoms with Crippen LogP contribution in [-0.4, -0.2) is 20.1 Å². The smallest absolute Gasteiger partial charge is 0.115 e. The van der Waals surface area contributed by atoms with E-state index in [1.165, 1.54) is 0 Å². The monoisotopic (exact) mass is 257 g/mol. The van der Waals surface area contributed by atoms with Gasteiger partial charge in [-0.05, 0) is 18.1 Å². The number of hydrogen-bond donors (Lipinski definition) is 1. The fourth-order valence-corrected chi connectivity index (χ4v) is 1.86. The van der Waals surface area contributed by atoms with E-state index in [0.717, 1.165) is 30.6 Å². The number of nitrogens with zero attached hydrogens (tertiary/aromatic N) is 3. The van der Waals surface area contributed by atoms with Gasteiger partial charge in [-0.2, -0.15) is 0 Å². The molecule has 4 heteroatoms. The maximum Gasteiger partial charge on any atom is 0.115 e. The highest BCUT2D eigenvalue weighted by atomic mass is 16.3. The van der Waals surface area contributed by atoms with E-state index in [1.807, 2.05) is 47.2 Å². The first-order valence-electron chi connectivity index (χ1n) is 6.61. The second kappa shape index (κ2) is 6.85. The zero-order valence-corrected chi connectivity index (χ0v) is 11.2. The lowest BCUT2D eigenvalue weighted by atomic mass is 10.2. The fraction of sp³-hybridized carbons (Fsp3) is 0.333. The van der Waals surface area contributed by atoms with Gasteiger partial charge in [-0.25, -0.2) is 4.68 Å². The van der Waals surface area contributed by atoms with E-state index >= 15 is 0 Å². The summed E-state index contributed by atoms with van der Waals surface area (Å²) in [6, 6.07) is 10.1. The number of aliphatic hydroxyl groups is 1. The van der Waals surface area contributed by atoms with Crippen molar-refractivity contribution >= 4 is 12.2 Å². The zero-order chi connectivity index (χ0) is 13.5. The van der Waals surface area contributed by atoms with Crippen LogP contribution in [-0.2, 0) is 13.2 Å². The molecule has 0 amide bonds. The highest BCUT2D eigenvalue weighted by Gasteiger charge is 2.08. The van der Waals surface area contributed by atoms with Crippen LogP contribution in [0.15, 0.2) is 30.3 Å². The van der Waals surface area contributed by atoms with Crippen LogP contribution >= 0.6 is 0 Å². The number of unbranched alkanes of at least 4 members (excludes halogenated alkanes) is 1. The summed E-state index contributed by atoms with van der Waals surface area (Å²) >= 11 is 0. The van der Waals surface area contributed by atoms with Gasteiger partial charge in [0.15, 0.2) is 0 Å². The molecule has 0 spiro atoms. The van der Waals surface area contributed by atoms with Gasteiger partial charge in [-0.1, -0.05) is 55.0 Å². The van der Waals surface area contributed by atoms with Crippen LogP contribution in [0, 0.1) is 0 Å². The first-order chi connectivity index (χ1) is 9.35. The first kappa shape index (κ1) is 13.5. The second-order valence-electron chi connectivity index (χ2n) is 4.40. The zero-order valence-electron chi connectivity index (χ0n) is 11.2. The number of aryl methyl sites for hydroxylation is 1. The molecule has 19 heavy (non-hydrogen) atoms. The summed E-state index contributed by atoms with van der Waals surface area (Å²) in [5.41, 5.74) is 2.64. The van der Waals surface area contributed by atoms with Gasteiger partial charge in [-0.15, -0.1) is 5.10 Å². The molecule has 0 bridgehead atoms. The van der Waals surface area contributed by atoms with Gasteiger partial charge in [0.25, 0.3) is 0 Å². The Bertz CT molecular complexity index is 532. The van der Waals surface area contributed by atoms with Gasteiger partial charge in [0.1, 0.15) is 5.69 Å². The number of hydrogen-bond acceptors (Lipinski definition) is 3.